The summed E-state index contributed by atoms with van der Waals surface area (Å²) in [5.74, 6) is 0.860. The maximum Gasteiger partial charge on any atom is 0.290 e. The van der Waals surface area contributed by atoms with E-state index in [-0.39, 0.29) is 11.1 Å². The first-order valence-corrected chi connectivity index (χ1v) is 13.5. The Kier molecular flexibility index (Phi) is 6.89. The third-order valence-electron chi connectivity index (χ3n) is 6.92. The number of hydrogen-bond donors (Lipinski definition) is 3. The van der Waals surface area contributed by atoms with Gasteiger partial charge in [0.05, 0.1) is 16.3 Å². The average molecular weight is 526 g/mol. The summed E-state index contributed by atoms with van der Waals surface area (Å²) in [7, 11) is 0. The van der Waals surface area contributed by atoms with E-state index in [9.17, 15) is 9.59 Å². The first-order chi connectivity index (χ1) is 18.6. The van der Waals surface area contributed by atoms with Gasteiger partial charge < -0.3 is 15.2 Å². The maximum absolute atomic E-state index is 11.8. The summed E-state index contributed by atoms with van der Waals surface area (Å²) >= 11 is 0.892. The lowest BCUT2D eigenvalue weighted by Gasteiger charge is -2.32. The molecule has 3 N–H and O–H groups in total. The third-order valence-corrected chi connectivity index (χ3v) is 7.73. The van der Waals surface area contributed by atoms with Crippen LogP contribution in [0.2, 0.25) is 0 Å². The van der Waals surface area contributed by atoms with Crippen molar-refractivity contribution in [2.45, 2.75) is 19.4 Å². The van der Waals surface area contributed by atoms with Gasteiger partial charge in [-0.15, -0.1) is 0 Å². The number of rotatable bonds is 7. The molecule has 0 radical (unpaired) electrons. The number of pyridine rings is 1. The smallest absolute Gasteiger partial charge is 0.290 e. The van der Waals surface area contributed by atoms with Gasteiger partial charge >= 0.3 is 0 Å². The normalized spacial score (nSPS) is 17.5. The molecule has 2 amide bonds. The molecule has 6 rings (SSSR count). The maximum atomic E-state index is 11.8. The number of anilines is 1. The minimum atomic E-state index is -0.380. The van der Waals surface area contributed by atoms with E-state index in [2.05, 4.69) is 71.9 Å². The fourth-order valence-corrected chi connectivity index (χ4v) is 5.49. The third kappa shape index (κ3) is 5.46. The van der Waals surface area contributed by atoms with Crippen molar-refractivity contribution < 1.29 is 9.59 Å². The lowest BCUT2D eigenvalue weighted by Crippen LogP contribution is -2.38. The van der Waals surface area contributed by atoms with Crippen molar-refractivity contribution in [3.8, 4) is 11.3 Å². The van der Waals surface area contributed by atoms with Crippen molar-refractivity contribution >= 4 is 45.8 Å². The van der Waals surface area contributed by atoms with Crippen LogP contribution in [0, 0.1) is 5.92 Å². The number of piperidine rings is 1. The van der Waals surface area contributed by atoms with Crippen molar-refractivity contribution in [1.29, 1.82) is 0 Å². The molecule has 0 unspecified atom stereocenters. The molecule has 2 saturated heterocycles. The molecule has 2 aliphatic heterocycles. The molecule has 0 bridgehead atoms. The van der Waals surface area contributed by atoms with E-state index in [0.717, 1.165) is 67.6 Å². The number of amides is 2. The number of thioether (sulfide) groups is 1. The predicted octanol–water partition coefficient (Wildman–Crippen LogP) is 4.35. The van der Waals surface area contributed by atoms with Crippen LogP contribution in [-0.4, -0.2) is 50.7 Å². The molecule has 9 nitrogen and oxygen atoms in total. The molecule has 10 heteroatoms. The zero-order chi connectivity index (χ0) is 25.9. The van der Waals surface area contributed by atoms with Crippen LogP contribution in [0.3, 0.4) is 0 Å². The van der Waals surface area contributed by atoms with Gasteiger partial charge in [0, 0.05) is 54.7 Å². The Morgan fingerprint density at radius 2 is 1.97 bits per heavy atom. The van der Waals surface area contributed by atoms with Crippen molar-refractivity contribution in [3.63, 3.8) is 0 Å². The largest absolute Gasteiger partial charge is 0.361 e. The van der Waals surface area contributed by atoms with Crippen LogP contribution in [0.1, 0.15) is 24.1 Å². The highest BCUT2D eigenvalue weighted by Gasteiger charge is 2.25. The molecule has 1 aromatic carbocycles. The first-order valence-electron chi connectivity index (χ1n) is 12.7. The van der Waals surface area contributed by atoms with Gasteiger partial charge in [-0.05, 0) is 79.0 Å². The highest BCUT2D eigenvalue weighted by molar-refractivity contribution is 8.18. The number of aromatic nitrogens is 4. The van der Waals surface area contributed by atoms with E-state index in [0.29, 0.717) is 22.5 Å². The molecular weight excluding hydrogens is 498 g/mol. The number of hydrogen-bond acceptors (Lipinski definition) is 8. The zero-order valence-corrected chi connectivity index (χ0v) is 21.5. The zero-order valence-electron chi connectivity index (χ0n) is 20.7. The second-order valence-electron chi connectivity index (χ2n) is 9.53. The number of H-pyrrole nitrogens is 1. The number of fused-ring (bicyclic) bond motifs is 1. The summed E-state index contributed by atoms with van der Waals surface area (Å²) in [4.78, 5) is 42.7. The lowest BCUT2D eigenvalue weighted by atomic mass is 9.97. The Morgan fingerprint density at radius 3 is 2.76 bits per heavy atom. The molecular formula is C28H27N7O2S. The van der Waals surface area contributed by atoms with Gasteiger partial charge in [-0.25, -0.2) is 9.97 Å². The summed E-state index contributed by atoms with van der Waals surface area (Å²) in [6.07, 6.45) is 9.33. The van der Waals surface area contributed by atoms with Gasteiger partial charge in [0.25, 0.3) is 11.1 Å². The van der Waals surface area contributed by atoms with E-state index in [4.69, 9.17) is 0 Å². The molecule has 2 aliphatic rings. The summed E-state index contributed by atoms with van der Waals surface area (Å²) in [5.41, 5.74) is 5.02. The molecule has 2 fully saturated rings. The van der Waals surface area contributed by atoms with E-state index in [1.165, 1.54) is 10.9 Å². The van der Waals surface area contributed by atoms with Crippen LogP contribution in [0.5, 0.6) is 0 Å². The molecule has 5 heterocycles. The molecule has 192 valence electrons. The highest BCUT2D eigenvalue weighted by atomic mass is 32.2. The van der Waals surface area contributed by atoms with Crippen molar-refractivity contribution in [2.24, 2.45) is 5.92 Å². The van der Waals surface area contributed by atoms with Gasteiger partial charge in [-0.1, -0.05) is 12.1 Å². The Labute approximate surface area is 224 Å². The number of benzene rings is 1. The average Bonchev–Trinajstić information content (AvgIpc) is 3.54. The number of nitrogens with zero attached hydrogens (tertiary/aromatic N) is 4. The van der Waals surface area contributed by atoms with Crippen molar-refractivity contribution in [2.75, 3.05) is 24.5 Å². The van der Waals surface area contributed by atoms with Crippen LogP contribution in [0.4, 0.5) is 10.7 Å². The number of carbonyl (C=O) groups excluding carboxylic acids is 2. The van der Waals surface area contributed by atoms with Crippen molar-refractivity contribution in [1.82, 2.24) is 30.6 Å². The molecule has 0 aliphatic carbocycles. The second kappa shape index (κ2) is 10.8. The lowest BCUT2D eigenvalue weighted by molar-refractivity contribution is -0.115. The fraction of sp³-hybridized carbons (Fsp3) is 0.250. The quantitative estimate of drug-likeness (QED) is 0.305. The first kappa shape index (κ1) is 24.3. The second-order valence-corrected chi connectivity index (χ2v) is 10.5. The van der Waals surface area contributed by atoms with Gasteiger partial charge in [-0.2, -0.15) is 0 Å². The minimum absolute atomic E-state index is 0.354. The molecule has 0 spiro atoms. The monoisotopic (exact) mass is 525 g/mol. The fourth-order valence-electron chi connectivity index (χ4n) is 4.82. The highest BCUT2D eigenvalue weighted by Crippen LogP contribution is 2.26. The van der Waals surface area contributed by atoms with Crippen molar-refractivity contribution in [3.05, 3.63) is 77.2 Å². The number of aromatic amines is 1. The van der Waals surface area contributed by atoms with E-state index < -0.39 is 0 Å². The Hall–Kier alpha value is -4.02. The van der Waals surface area contributed by atoms with Crippen LogP contribution in [0.25, 0.3) is 28.2 Å². The molecule has 0 saturated carbocycles. The van der Waals surface area contributed by atoms with Gasteiger partial charge in [-0.3, -0.25) is 19.9 Å². The summed E-state index contributed by atoms with van der Waals surface area (Å²) in [6, 6.07) is 14.4. The summed E-state index contributed by atoms with van der Waals surface area (Å²) in [5, 5.41) is 6.69. The predicted molar refractivity (Wildman–Crippen MR) is 149 cm³/mol. The van der Waals surface area contributed by atoms with Gasteiger partial charge in [0.2, 0.25) is 5.95 Å². The SMILES string of the molecule is O=C1NC(=O)/C(=C/c2ccnc(N3CCC(CNCc4ccc(-c5ccc6[nH]ccc6c5)nc4)CC3)n2)S1. The number of nitrogens with one attached hydrogen (secondary N) is 3. The Bertz CT molecular complexity index is 1510. The van der Waals surface area contributed by atoms with E-state index >= 15 is 0 Å². The van der Waals surface area contributed by atoms with Crippen LogP contribution in [0.15, 0.2) is 66.0 Å². The molecule has 3 aromatic heterocycles. The minimum Gasteiger partial charge on any atom is -0.361 e. The molecule has 0 atom stereocenters. The molecule has 38 heavy (non-hydrogen) atoms. The standard InChI is InChI=1S/C28H27N7O2S/c36-26-25(38-28(37)34-26)14-22-6-10-31-27(33-22)35-11-7-18(8-12-35)15-29-16-19-1-3-24(32-17-19)20-2-4-23-21(13-20)5-9-30-23/h1-6,9-10,13-14,17-18,29-30H,7-8,11-12,15-16H2,(H,34,36,37)/b25-14-. The van der Waals surface area contributed by atoms with E-state index in [1.807, 2.05) is 12.4 Å². The van der Waals surface area contributed by atoms with Gasteiger partial charge in [0.15, 0.2) is 0 Å². The summed E-state index contributed by atoms with van der Waals surface area (Å²) < 4.78 is 0. The van der Waals surface area contributed by atoms with Crippen LogP contribution >= 0.6 is 11.8 Å². The summed E-state index contributed by atoms with van der Waals surface area (Å²) in [6.45, 7) is 3.50. The number of carbonyl (C=O) groups is 2. The van der Waals surface area contributed by atoms with Gasteiger partial charge in [0.1, 0.15) is 0 Å². The topological polar surface area (TPSA) is 116 Å². The van der Waals surface area contributed by atoms with Crippen LogP contribution < -0.4 is 15.5 Å². The Balaban J connectivity index is 0.979. The Morgan fingerprint density at radius 1 is 1.08 bits per heavy atom. The van der Waals surface area contributed by atoms with E-state index in [1.54, 1.807) is 18.3 Å². The van der Waals surface area contributed by atoms with Crippen LogP contribution in [-0.2, 0) is 11.3 Å². The molecule has 4 aromatic rings. The number of imide groups is 1.